The topological polar surface area (TPSA) is 55.4 Å². The molecule has 4 nitrogen and oxygen atoms in total. The van der Waals surface area contributed by atoms with Crippen LogP contribution >= 0.6 is 0 Å². The minimum Gasteiger partial charge on any atom is -0.446 e. The normalized spacial score (nSPS) is 14.9. The Labute approximate surface area is 148 Å². The fourth-order valence-electron chi connectivity index (χ4n) is 3.32. The fourth-order valence-corrected chi connectivity index (χ4v) is 3.32. The molecular formula is C21H23NO3. The summed E-state index contributed by atoms with van der Waals surface area (Å²) in [6, 6.07) is 18.9. The summed E-state index contributed by atoms with van der Waals surface area (Å²) in [4.78, 5) is 24.9. The third-order valence-electron chi connectivity index (χ3n) is 4.58. The van der Waals surface area contributed by atoms with Crippen molar-refractivity contribution in [3.63, 3.8) is 0 Å². The van der Waals surface area contributed by atoms with Gasteiger partial charge in [0.1, 0.15) is 6.10 Å². The monoisotopic (exact) mass is 337 g/mol. The van der Waals surface area contributed by atoms with E-state index in [1.54, 1.807) is 0 Å². The Morgan fingerprint density at radius 2 is 1.36 bits per heavy atom. The molecule has 2 aromatic rings. The van der Waals surface area contributed by atoms with E-state index in [2.05, 4.69) is 5.32 Å². The molecule has 0 saturated heterocycles. The van der Waals surface area contributed by atoms with Gasteiger partial charge in [0.25, 0.3) is 0 Å². The second-order valence-corrected chi connectivity index (χ2v) is 6.41. The van der Waals surface area contributed by atoms with Gasteiger partial charge in [0.05, 0.1) is 5.92 Å². The van der Waals surface area contributed by atoms with Crippen LogP contribution in [-0.4, -0.2) is 18.1 Å². The van der Waals surface area contributed by atoms with Gasteiger partial charge in [-0.2, -0.15) is 0 Å². The molecule has 0 heterocycles. The predicted molar refractivity (Wildman–Crippen MR) is 96.2 cm³/mol. The van der Waals surface area contributed by atoms with Crippen molar-refractivity contribution >= 4 is 12.0 Å². The van der Waals surface area contributed by atoms with Gasteiger partial charge in [0.2, 0.25) is 5.91 Å². The van der Waals surface area contributed by atoms with Crippen LogP contribution in [0.1, 0.15) is 49.1 Å². The summed E-state index contributed by atoms with van der Waals surface area (Å²) in [5.74, 6) is -0.903. The number of amides is 2. The molecule has 2 amide bonds. The molecule has 0 radical (unpaired) electrons. The lowest BCUT2D eigenvalue weighted by Gasteiger charge is -2.22. The Balaban J connectivity index is 1.72. The number of carbonyl (C=O) groups is 2. The van der Waals surface area contributed by atoms with Crippen molar-refractivity contribution in [2.45, 2.75) is 44.1 Å². The van der Waals surface area contributed by atoms with Crippen LogP contribution in [0, 0.1) is 0 Å². The van der Waals surface area contributed by atoms with Crippen LogP contribution in [0.3, 0.4) is 0 Å². The maximum atomic E-state index is 12.8. The first kappa shape index (κ1) is 17.2. The smallest absolute Gasteiger partial charge is 0.414 e. The quantitative estimate of drug-likeness (QED) is 0.899. The average molecular weight is 337 g/mol. The highest BCUT2D eigenvalue weighted by Gasteiger charge is 2.26. The van der Waals surface area contributed by atoms with Crippen LogP contribution in [0.4, 0.5) is 4.79 Å². The van der Waals surface area contributed by atoms with Crippen molar-refractivity contribution in [1.29, 1.82) is 0 Å². The standard InChI is InChI=1S/C21H23NO3/c23-20(22-21(24)25-18-14-8-3-9-15-18)19(16-10-4-1-5-11-16)17-12-6-2-7-13-17/h1-2,4-7,10-13,18-19H,3,8-9,14-15H2,(H,22,23,24). The minimum absolute atomic E-state index is 0.0755. The van der Waals surface area contributed by atoms with Crippen molar-refractivity contribution in [2.24, 2.45) is 0 Å². The molecule has 1 N–H and O–H groups in total. The zero-order valence-corrected chi connectivity index (χ0v) is 14.2. The molecule has 3 rings (SSSR count). The molecule has 0 bridgehead atoms. The maximum Gasteiger partial charge on any atom is 0.414 e. The highest BCUT2D eigenvalue weighted by atomic mass is 16.6. The molecule has 0 aromatic heterocycles. The lowest BCUT2D eigenvalue weighted by Crippen LogP contribution is -2.37. The van der Waals surface area contributed by atoms with Crippen LogP contribution in [0.2, 0.25) is 0 Å². The van der Waals surface area contributed by atoms with Crippen LogP contribution < -0.4 is 5.32 Å². The van der Waals surface area contributed by atoms with Crippen LogP contribution in [0.25, 0.3) is 0 Å². The van der Waals surface area contributed by atoms with E-state index in [0.717, 1.165) is 36.8 Å². The van der Waals surface area contributed by atoms with Crippen molar-refractivity contribution in [3.8, 4) is 0 Å². The van der Waals surface area contributed by atoms with E-state index in [9.17, 15) is 9.59 Å². The van der Waals surface area contributed by atoms with E-state index < -0.39 is 12.0 Å². The fraction of sp³-hybridized carbons (Fsp3) is 0.333. The van der Waals surface area contributed by atoms with Gasteiger partial charge in [-0.1, -0.05) is 67.1 Å². The van der Waals surface area contributed by atoms with E-state index >= 15 is 0 Å². The summed E-state index contributed by atoms with van der Waals surface area (Å²) in [6.45, 7) is 0. The Morgan fingerprint density at radius 1 is 0.840 bits per heavy atom. The molecule has 25 heavy (non-hydrogen) atoms. The van der Waals surface area contributed by atoms with Gasteiger partial charge < -0.3 is 4.74 Å². The van der Waals surface area contributed by atoms with E-state index in [1.807, 2.05) is 60.7 Å². The van der Waals surface area contributed by atoms with Crippen LogP contribution in [-0.2, 0) is 9.53 Å². The molecule has 4 heteroatoms. The molecule has 0 aliphatic heterocycles. The van der Waals surface area contributed by atoms with E-state index in [0.29, 0.717) is 0 Å². The number of rotatable bonds is 4. The maximum absolute atomic E-state index is 12.8. The Bertz CT molecular complexity index is 654. The summed E-state index contributed by atoms with van der Waals surface area (Å²) in [5.41, 5.74) is 1.69. The van der Waals surface area contributed by atoms with E-state index in [4.69, 9.17) is 4.74 Å². The number of carbonyl (C=O) groups excluding carboxylic acids is 2. The number of alkyl carbamates (subject to hydrolysis) is 1. The second kappa shape index (κ2) is 8.47. The third-order valence-corrected chi connectivity index (χ3v) is 4.58. The molecule has 1 fully saturated rings. The Kier molecular flexibility index (Phi) is 5.83. The van der Waals surface area contributed by atoms with Crippen molar-refractivity contribution in [2.75, 3.05) is 0 Å². The SMILES string of the molecule is O=C(NC(=O)C(c1ccccc1)c1ccccc1)OC1CCCCC1. The Morgan fingerprint density at radius 3 is 1.88 bits per heavy atom. The number of benzene rings is 2. The van der Waals surface area contributed by atoms with Gasteiger partial charge in [0, 0.05) is 0 Å². The van der Waals surface area contributed by atoms with E-state index in [-0.39, 0.29) is 12.0 Å². The zero-order valence-electron chi connectivity index (χ0n) is 14.2. The van der Waals surface area contributed by atoms with Gasteiger partial charge >= 0.3 is 6.09 Å². The van der Waals surface area contributed by atoms with Gasteiger partial charge in [-0.05, 0) is 36.8 Å². The molecule has 1 aliphatic rings. The summed E-state index contributed by atoms with van der Waals surface area (Å²) in [7, 11) is 0. The molecule has 1 saturated carbocycles. The van der Waals surface area contributed by atoms with Crippen molar-refractivity contribution in [3.05, 3.63) is 71.8 Å². The highest BCUT2D eigenvalue weighted by molar-refractivity contribution is 5.97. The summed E-state index contributed by atoms with van der Waals surface area (Å²) in [5, 5.41) is 2.42. The predicted octanol–water partition coefficient (Wildman–Crippen LogP) is 4.40. The number of nitrogens with one attached hydrogen (secondary N) is 1. The van der Waals surface area contributed by atoms with Crippen molar-refractivity contribution in [1.82, 2.24) is 5.32 Å². The summed E-state index contributed by atoms with van der Waals surface area (Å²) in [6.07, 6.45) is 4.36. The molecule has 130 valence electrons. The first-order valence-corrected chi connectivity index (χ1v) is 8.85. The van der Waals surface area contributed by atoms with Crippen LogP contribution in [0.15, 0.2) is 60.7 Å². The molecule has 2 aromatic carbocycles. The lowest BCUT2D eigenvalue weighted by atomic mass is 9.90. The van der Waals surface area contributed by atoms with Gasteiger partial charge in [0.15, 0.2) is 0 Å². The number of ether oxygens (including phenoxy) is 1. The lowest BCUT2D eigenvalue weighted by molar-refractivity contribution is -0.121. The third kappa shape index (κ3) is 4.69. The van der Waals surface area contributed by atoms with Crippen LogP contribution in [0.5, 0.6) is 0 Å². The highest BCUT2D eigenvalue weighted by Crippen LogP contribution is 2.25. The number of imide groups is 1. The first-order chi connectivity index (χ1) is 12.2. The largest absolute Gasteiger partial charge is 0.446 e. The first-order valence-electron chi connectivity index (χ1n) is 8.85. The van der Waals surface area contributed by atoms with Gasteiger partial charge in [-0.3, -0.25) is 10.1 Å². The van der Waals surface area contributed by atoms with Crippen molar-refractivity contribution < 1.29 is 14.3 Å². The number of hydrogen-bond donors (Lipinski definition) is 1. The second-order valence-electron chi connectivity index (χ2n) is 6.41. The zero-order chi connectivity index (χ0) is 17.5. The average Bonchev–Trinajstić information content (AvgIpc) is 2.64. The number of hydrogen-bond acceptors (Lipinski definition) is 3. The molecule has 1 aliphatic carbocycles. The molecule has 0 atom stereocenters. The molecular weight excluding hydrogens is 314 g/mol. The Hall–Kier alpha value is -2.62. The summed E-state index contributed by atoms with van der Waals surface area (Å²) < 4.78 is 5.41. The molecule has 0 unspecified atom stereocenters. The minimum atomic E-state index is -0.645. The van der Waals surface area contributed by atoms with E-state index in [1.165, 1.54) is 6.42 Å². The summed E-state index contributed by atoms with van der Waals surface area (Å²) >= 11 is 0. The molecule has 0 spiro atoms. The van der Waals surface area contributed by atoms with Gasteiger partial charge in [-0.15, -0.1) is 0 Å². The van der Waals surface area contributed by atoms with Gasteiger partial charge in [-0.25, -0.2) is 4.79 Å².